The van der Waals surface area contributed by atoms with Crippen molar-refractivity contribution < 1.29 is 22.7 Å². The molecule has 0 unspecified atom stereocenters. The normalized spacial score (nSPS) is 17.7. The van der Waals surface area contributed by atoms with Gasteiger partial charge in [0.2, 0.25) is 10.0 Å². The molecule has 4 rings (SSSR count). The van der Waals surface area contributed by atoms with Crippen molar-refractivity contribution in [1.29, 1.82) is 0 Å². The van der Waals surface area contributed by atoms with E-state index in [1.54, 1.807) is 28.9 Å². The molecule has 2 aromatic rings. The molecule has 9 nitrogen and oxygen atoms in total. The average Bonchev–Trinajstić information content (AvgIpc) is 3.13. The smallest absolute Gasteiger partial charge is 0.257 e. The van der Waals surface area contributed by atoms with Gasteiger partial charge >= 0.3 is 0 Å². The fourth-order valence-electron chi connectivity index (χ4n) is 3.18. The maximum atomic E-state index is 12.9. The van der Waals surface area contributed by atoms with E-state index in [-0.39, 0.29) is 23.9 Å². The molecule has 0 aliphatic carbocycles. The van der Waals surface area contributed by atoms with Crippen molar-refractivity contribution in [2.75, 3.05) is 39.4 Å². The highest BCUT2D eigenvalue weighted by molar-refractivity contribution is 7.89. The number of hydrogen-bond acceptors (Lipinski definition) is 6. The van der Waals surface area contributed by atoms with Gasteiger partial charge in [-0.15, -0.1) is 0 Å². The number of carbonyl (C=O) groups is 1. The number of hydrogen-bond donors (Lipinski definition) is 0. The Hall–Kier alpha value is -2.59. The molecule has 0 radical (unpaired) electrons. The lowest BCUT2D eigenvalue weighted by Gasteiger charge is -2.34. The number of fused-ring (bicyclic) bond motifs is 1. The van der Waals surface area contributed by atoms with Crippen molar-refractivity contribution >= 4 is 15.9 Å². The first-order valence-corrected chi connectivity index (χ1v) is 10.1. The summed E-state index contributed by atoms with van der Waals surface area (Å²) in [6.07, 6.45) is 3.17. The number of piperazine rings is 1. The van der Waals surface area contributed by atoms with E-state index in [4.69, 9.17) is 9.47 Å². The zero-order valence-electron chi connectivity index (χ0n) is 14.9. The SMILES string of the molecule is Cn1cc(C(=O)N2CCN(S(=O)(=O)c3ccc4c(c3)OCCO4)CC2)cn1. The van der Waals surface area contributed by atoms with E-state index in [0.29, 0.717) is 43.4 Å². The molecule has 0 N–H and O–H groups in total. The third kappa shape index (κ3) is 3.37. The van der Waals surface area contributed by atoms with E-state index in [2.05, 4.69) is 5.10 Å². The number of aromatic nitrogens is 2. The van der Waals surface area contributed by atoms with Gasteiger partial charge in [0.1, 0.15) is 13.2 Å². The summed E-state index contributed by atoms with van der Waals surface area (Å²) in [5, 5.41) is 4.00. The van der Waals surface area contributed by atoms with Crippen LogP contribution < -0.4 is 9.47 Å². The number of amides is 1. The lowest BCUT2D eigenvalue weighted by molar-refractivity contribution is 0.0698. The van der Waals surface area contributed by atoms with Gasteiger partial charge in [0, 0.05) is 45.5 Å². The summed E-state index contributed by atoms with van der Waals surface area (Å²) in [7, 11) is -1.92. The minimum Gasteiger partial charge on any atom is -0.486 e. The second-order valence-electron chi connectivity index (χ2n) is 6.40. The number of nitrogens with zero attached hydrogens (tertiary/aromatic N) is 4. The monoisotopic (exact) mass is 392 g/mol. The Kier molecular flexibility index (Phi) is 4.52. The summed E-state index contributed by atoms with van der Waals surface area (Å²) in [5.41, 5.74) is 0.501. The van der Waals surface area contributed by atoms with E-state index in [9.17, 15) is 13.2 Å². The molecule has 10 heteroatoms. The Bertz CT molecular complexity index is 963. The van der Waals surface area contributed by atoms with E-state index in [1.165, 1.54) is 22.6 Å². The van der Waals surface area contributed by atoms with E-state index in [0.717, 1.165) is 0 Å². The summed E-state index contributed by atoms with van der Waals surface area (Å²) < 4.78 is 39.7. The van der Waals surface area contributed by atoms with Gasteiger partial charge in [-0.05, 0) is 12.1 Å². The van der Waals surface area contributed by atoms with Crippen molar-refractivity contribution in [2.45, 2.75) is 4.90 Å². The van der Waals surface area contributed by atoms with Gasteiger partial charge in [0.25, 0.3) is 5.91 Å². The van der Waals surface area contributed by atoms with Crippen LogP contribution >= 0.6 is 0 Å². The fraction of sp³-hybridized carbons (Fsp3) is 0.412. The Morgan fingerprint density at radius 1 is 1.07 bits per heavy atom. The molecule has 0 bridgehead atoms. The maximum Gasteiger partial charge on any atom is 0.257 e. The first-order chi connectivity index (χ1) is 12.9. The molecule has 0 spiro atoms. The number of benzene rings is 1. The standard InChI is InChI=1S/C17H20N4O5S/c1-19-12-13(11-18-19)17(22)20-4-6-21(7-5-20)27(23,24)14-2-3-15-16(10-14)26-9-8-25-15/h2-3,10-12H,4-9H2,1H3. The number of aryl methyl sites for hydroxylation is 1. The summed E-state index contributed by atoms with van der Waals surface area (Å²) in [5.74, 6) is 0.847. The van der Waals surface area contributed by atoms with E-state index >= 15 is 0 Å². The van der Waals surface area contributed by atoms with Gasteiger partial charge in [-0.3, -0.25) is 9.48 Å². The average molecular weight is 392 g/mol. The molecule has 2 aliphatic rings. The Balaban J connectivity index is 1.46. The Labute approximate surface area is 157 Å². The lowest BCUT2D eigenvalue weighted by atomic mass is 10.2. The second kappa shape index (κ2) is 6.86. The summed E-state index contributed by atoms with van der Waals surface area (Å²) in [4.78, 5) is 14.3. The first-order valence-electron chi connectivity index (χ1n) is 8.63. The molecule has 3 heterocycles. The van der Waals surface area contributed by atoms with Crippen molar-refractivity contribution in [3.05, 3.63) is 36.2 Å². The summed E-state index contributed by atoms with van der Waals surface area (Å²) in [6, 6.07) is 4.64. The predicted octanol–water partition coefficient (Wildman–Crippen LogP) is 0.338. The van der Waals surface area contributed by atoms with Crippen LogP contribution in [0.15, 0.2) is 35.5 Å². The van der Waals surface area contributed by atoms with Gasteiger partial charge in [-0.2, -0.15) is 9.40 Å². The van der Waals surface area contributed by atoms with Crippen molar-refractivity contribution in [2.24, 2.45) is 7.05 Å². The van der Waals surface area contributed by atoms with Crippen molar-refractivity contribution in [1.82, 2.24) is 19.0 Å². The molecule has 1 aromatic heterocycles. The zero-order chi connectivity index (χ0) is 19.0. The quantitative estimate of drug-likeness (QED) is 0.748. The molecule has 1 amide bonds. The van der Waals surface area contributed by atoms with Crippen LogP contribution in [0.2, 0.25) is 0 Å². The number of sulfonamides is 1. The fourth-order valence-corrected chi connectivity index (χ4v) is 4.62. The van der Waals surface area contributed by atoms with Crippen LogP contribution in [-0.4, -0.2) is 72.7 Å². The number of carbonyl (C=O) groups excluding carboxylic acids is 1. The highest BCUT2D eigenvalue weighted by Gasteiger charge is 2.31. The van der Waals surface area contributed by atoms with Crippen LogP contribution in [0.1, 0.15) is 10.4 Å². The molecule has 0 atom stereocenters. The topological polar surface area (TPSA) is 94.0 Å². The molecule has 1 fully saturated rings. The molecule has 27 heavy (non-hydrogen) atoms. The van der Waals surface area contributed by atoms with Crippen LogP contribution in [0, 0.1) is 0 Å². The minimum atomic E-state index is -3.66. The van der Waals surface area contributed by atoms with E-state index < -0.39 is 10.0 Å². The first kappa shape index (κ1) is 17.8. The molecule has 144 valence electrons. The lowest BCUT2D eigenvalue weighted by Crippen LogP contribution is -2.50. The minimum absolute atomic E-state index is 0.139. The molecule has 1 aromatic carbocycles. The largest absolute Gasteiger partial charge is 0.486 e. The van der Waals surface area contributed by atoms with Gasteiger partial charge < -0.3 is 14.4 Å². The van der Waals surface area contributed by atoms with Gasteiger partial charge in [0.05, 0.1) is 16.7 Å². The second-order valence-corrected chi connectivity index (χ2v) is 8.34. The molecule has 1 saturated heterocycles. The third-order valence-corrected chi connectivity index (χ3v) is 6.52. The highest BCUT2D eigenvalue weighted by Crippen LogP contribution is 2.33. The summed E-state index contributed by atoms with van der Waals surface area (Å²) in [6.45, 7) is 1.98. The zero-order valence-corrected chi connectivity index (χ0v) is 15.7. The van der Waals surface area contributed by atoms with Crippen LogP contribution in [0.3, 0.4) is 0 Å². The maximum absolute atomic E-state index is 12.9. The Morgan fingerprint density at radius 2 is 1.78 bits per heavy atom. The van der Waals surface area contributed by atoms with Crippen LogP contribution in [0.25, 0.3) is 0 Å². The van der Waals surface area contributed by atoms with Crippen LogP contribution in [0.4, 0.5) is 0 Å². The predicted molar refractivity (Wildman–Crippen MR) is 95.3 cm³/mol. The summed E-state index contributed by atoms with van der Waals surface area (Å²) >= 11 is 0. The third-order valence-electron chi connectivity index (χ3n) is 4.63. The molecule has 2 aliphatic heterocycles. The Morgan fingerprint density at radius 3 is 2.44 bits per heavy atom. The van der Waals surface area contributed by atoms with E-state index in [1.807, 2.05) is 0 Å². The van der Waals surface area contributed by atoms with Crippen molar-refractivity contribution in [3.63, 3.8) is 0 Å². The van der Waals surface area contributed by atoms with Crippen LogP contribution in [0.5, 0.6) is 11.5 Å². The van der Waals surface area contributed by atoms with Gasteiger partial charge in [-0.1, -0.05) is 0 Å². The van der Waals surface area contributed by atoms with Gasteiger partial charge in [-0.25, -0.2) is 8.42 Å². The van der Waals surface area contributed by atoms with Crippen molar-refractivity contribution in [3.8, 4) is 11.5 Å². The number of rotatable bonds is 3. The molecular weight excluding hydrogens is 372 g/mol. The number of ether oxygens (including phenoxy) is 2. The molecular formula is C17H20N4O5S. The van der Waals surface area contributed by atoms with Gasteiger partial charge in [0.15, 0.2) is 11.5 Å². The highest BCUT2D eigenvalue weighted by atomic mass is 32.2. The molecule has 0 saturated carbocycles. The van der Waals surface area contributed by atoms with Crippen LogP contribution in [-0.2, 0) is 17.1 Å².